The Morgan fingerprint density at radius 2 is 2.11 bits per heavy atom. The van der Waals surface area contributed by atoms with Crippen molar-refractivity contribution in [3.05, 3.63) is 18.2 Å². The van der Waals surface area contributed by atoms with Crippen molar-refractivity contribution in [2.75, 3.05) is 38.4 Å². The Hall–Kier alpha value is -0.920. The quantitative estimate of drug-likeness (QED) is 0.799. The maximum atomic E-state index is 12.3. The third-order valence-corrected chi connectivity index (χ3v) is 4.97. The Kier molecular flexibility index (Phi) is 5.30. The maximum absolute atomic E-state index is 12.3. The summed E-state index contributed by atoms with van der Waals surface area (Å²) in [7, 11) is -0.548. The molecule has 0 aliphatic heterocycles. The van der Waals surface area contributed by atoms with Gasteiger partial charge in [0.15, 0.2) is 0 Å². The summed E-state index contributed by atoms with van der Waals surface area (Å²) in [6.45, 7) is 0.455. The molecule has 18 heavy (non-hydrogen) atoms. The highest BCUT2D eigenvalue weighted by Crippen LogP contribution is 2.28. The number of benzene rings is 1. The molecule has 5 nitrogen and oxygen atoms in total. The van der Waals surface area contributed by atoms with Crippen LogP contribution in [-0.2, 0) is 10.0 Å². The predicted molar refractivity (Wildman–Crippen MR) is 75.6 cm³/mol. The van der Waals surface area contributed by atoms with Crippen molar-refractivity contribution in [2.24, 2.45) is 0 Å². The van der Waals surface area contributed by atoms with Gasteiger partial charge < -0.3 is 10.5 Å². The van der Waals surface area contributed by atoms with E-state index >= 15 is 0 Å². The lowest BCUT2D eigenvalue weighted by Gasteiger charge is -2.18. The van der Waals surface area contributed by atoms with Crippen molar-refractivity contribution < 1.29 is 13.2 Å². The van der Waals surface area contributed by atoms with E-state index in [1.807, 2.05) is 6.26 Å². The second kappa shape index (κ2) is 6.31. The molecule has 1 rings (SSSR count). The molecule has 1 aromatic rings. The standard InChI is InChI=1S/C11H18N2O3S2/c1-13(6-7-17-3)18(14,15)11-5-4-9(12)8-10(11)16-2/h4-5,8H,6-7,12H2,1-3H3. The Bertz CT molecular complexity index is 503. The van der Waals surface area contributed by atoms with Gasteiger partial charge in [0.05, 0.1) is 7.11 Å². The first kappa shape index (κ1) is 15.1. The second-order valence-corrected chi connectivity index (χ2v) is 6.73. The van der Waals surface area contributed by atoms with Crippen molar-refractivity contribution in [3.63, 3.8) is 0 Å². The fraction of sp³-hybridized carbons (Fsp3) is 0.455. The molecule has 0 atom stereocenters. The number of methoxy groups -OCH3 is 1. The zero-order valence-corrected chi connectivity index (χ0v) is 12.3. The summed E-state index contributed by atoms with van der Waals surface area (Å²) in [5.74, 6) is 1.01. The summed E-state index contributed by atoms with van der Waals surface area (Å²) in [4.78, 5) is 0.141. The number of ether oxygens (including phenoxy) is 1. The average molecular weight is 290 g/mol. The highest BCUT2D eigenvalue weighted by molar-refractivity contribution is 7.98. The van der Waals surface area contributed by atoms with Gasteiger partial charge in [-0.1, -0.05) is 0 Å². The zero-order valence-electron chi connectivity index (χ0n) is 10.7. The van der Waals surface area contributed by atoms with Gasteiger partial charge in [0.1, 0.15) is 10.6 Å². The minimum absolute atomic E-state index is 0.141. The van der Waals surface area contributed by atoms with Gasteiger partial charge in [-0.3, -0.25) is 0 Å². The molecule has 0 amide bonds. The molecular weight excluding hydrogens is 272 g/mol. The largest absolute Gasteiger partial charge is 0.495 e. The number of thioether (sulfide) groups is 1. The van der Waals surface area contributed by atoms with E-state index in [1.54, 1.807) is 24.9 Å². The van der Waals surface area contributed by atoms with Crippen molar-refractivity contribution in [1.29, 1.82) is 0 Å². The van der Waals surface area contributed by atoms with Gasteiger partial charge in [0, 0.05) is 31.1 Å². The van der Waals surface area contributed by atoms with Crippen LogP contribution in [0.5, 0.6) is 5.75 Å². The van der Waals surface area contributed by atoms with Gasteiger partial charge >= 0.3 is 0 Å². The van der Waals surface area contributed by atoms with Crippen LogP contribution in [0, 0.1) is 0 Å². The summed E-state index contributed by atoms with van der Waals surface area (Å²) in [5.41, 5.74) is 6.08. The molecule has 102 valence electrons. The molecule has 0 bridgehead atoms. The Labute approximate surface area is 112 Å². The van der Waals surface area contributed by atoms with Gasteiger partial charge in [0.2, 0.25) is 10.0 Å². The van der Waals surface area contributed by atoms with E-state index in [1.165, 1.54) is 23.5 Å². The summed E-state index contributed by atoms with van der Waals surface area (Å²) in [5, 5.41) is 0. The molecule has 0 unspecified atom stereocenters. The zero-order chi connectivity index (χ0) is 13.8. The third kappa shape index (κ3) is 3.30. The molecule has 0 saturated carbocycles. The Balaban J connectivity index is 3.12. The molecule has 0 fully saturated rings. The summed E-state index contributed by atoms with van der Waals surface area (Å²) < 4.78 is 31.0. The summed E-state index contributed by atoms with van der Waals surface area (Å²) in [6.07, 6.45) is 1.93. The van der Waals surface area contributed by atoms with E-state index in [2.05, 4.69) is 0 Å². The molecule has 0 heterocycles. The number of nitrogens with two attached hydrogens (primary N) is 1. The van der Waals surface area contributed by atoms with Gasteiger partial charge in [-0.25, -0.2) is 8.42 Å². The topological polar surface area (TPSA) is 72.6 Å². The number of sulfonamides is 1. The number of nitrogens with zero attached hydrogens (tertiary/aromatic N) is 1. The van der Waals surface area contributed by atoms with E-state index in [4.69, 9.17) is 10.5 Å². The van der Waals surface area contributed by atoms with Crippen molar-refractivity contribution in [3.8, 4) is 5.75 Å². The first-order valence-corrected chi connectivity index (χ1v) is 8.15. The van der Waals surface area contributed by atoms with E-state index in [0.717, 1.165) is 5.75 Å². The van der Waals surface area contributed by atoms with E-state index in [-0.39, 0.29) is 10.6 Å². The SMILES string of the molecule is COc1cc(N)ccc1S(=O)(=O)N(C)CCSC. The van der Waals surface area contributed by atoms with E-state index in [0.29, 0.717) is 12.2 Å². The van der Waals surface area contributed by atoms with Gasteiger partial charge in [-0.15, -0.1) is 0 Å². The molecule has 0 aliphatic rings. The van der Waals surface area contributed by atoms with Crippen LogP contribution in [-0.4, -0.2) is 45.4 Å². The van der Waals surface area contributed by atoms with Crippen LogP contribution in [0.2, 0.25) is 0 Å². The van der Waals surface area contributed by atoms with Crippen LogP contribution in [0.3, 0.4) is 0 Å². The number of anilines is 1. The number of hydrogen-bond acceptors (Lipinski definition) is 5. The molecular formula is C11H18N2O3S2. The minimum atomic E-state index is -3.53. The molecule has 7 heteroatoms. The molecule has 0 aliphatic carbocycles. The Morgan fingerprint density at radius 1 is 1.44 bits per heavy atom. The van der Waals surface area contributed by atoms with Gasteiger partial charge in [0.25, 0.3) is 0 Å². The second-order valence-electron chi connectivity index (χ2n) is 3.73. The normalized spacial score (nSPS) is 11.8. The van der Waals surface area contributed by atoms with Crippen molar-refractivity contribution in [2.45, 2.75) is 4.90 Å². The fourth-order valence-electron chi connectivity index (χ4n) is 1.41. The first-order chi connectivity index (χ1) is 8.43. The number of rotatable bonds is 6. The van der Waals surface area contributed by atoms with Crippen LogP contribution in [0.15, 0.2) is 23.1 Å². The molecule has 1 aromatic carbocycles. The lowest BCUT2D eigenvalue weighted by molar-refractivity contribution is 0.399. The van der Waals surface area contributed by atoms with Crippen LogP contribution >= 0.6 is 11.8 Å². The molecule has 2 N–H and O–H groups in total. The minimum Gasteiger partial charge on any atom is -0.495 e. The predicted octanol–water partition coefficient (Wildman–Crippen LogP) is 1.26. The molecule has 0 radical (unpaired) electrons. The van der Waals surface area contributed by atoms with Gasteiger partial charge in [-0.05, 0) is 18.4 Å². The molecule has 0 saturated heterocycles. The molecule has 0 spiro atoms. The van der Waals surface area contributed by atoms with Gasteiger partial charge in [-0.2, -0.15) is 16.1 Å². The lowest BCUT2D eigenvalue weighted by Crippen LogP contribution is -2.29. The summed E-state index contributed by atoms with van der Waals surface area (Å²) in [6, 6.07) is 4.53. The van der Waals surface area contributed by atoms with Crippen LogP contribution in [0.1, 0.15) is 0 Å². The van der Waals surface area contributed by atoms with Crippen molar-refractivity contribution >= 4 is 27.5 Å². The highest BCUT2D eigenvalue weighted by Gasteiger charge is 2.24. The number of hydrogen-bond donors (Lipinski definition) is 1. The molecule has 0 aromatic heterocycles. The monoisotopic (exact) mass is 290 g/mol. The van der Waals surface area contributed by atoms with Crippen LogP contribution in [0.4, 0.5) is 5.69 Å². The van der Waals surface area contributed by atoms with Crippen molar-refractivity contribution in [1.82, 2.24) is 4.31 Å². The lowest BCUT2D eigenvalue weighted by atomic mass is 10.3. The van der Waals surface area contributed by atoms with Crippen LogP contribution < -0.4 is 10.5 Å². The van der Waals surface area contributed by atoms with Crippen LogP contribution in [0.25, 0.3) is 0 Å². The maximum Gasteiger partial charge on any atom is 0.246 e. The number of nitrogen functional groups attached to an aromatic ring is 1. The highest BCUT2D eigenvalue weighted by atomic mass is 32.2. The third-order valence-electron chi connectivity index (χ3n) is 2.49. The fourth-order valence-corrected chi connectivity index (χ4v) is 3.28. The van der Waals surface area contributed by atoms with E-state index < -0.39 is 10.0 Å². The smallest absolute Gasteiger partial charge is 0.246 e. The van der Waals surface area contributed by atoms with E-state index in [9.17, 15) is 8.42 Å². The first-order valence-electron chi connectivity index (χ1n) is 5.32. The summed E-state index contributed by atoms with van der Waals surface area (Å²) >= 11 is 1.60. The average Bonchev–Trinajstić information content (AvgIpc) is 2.35. The Morgan fingerprint density at radius 3 is 2.67 bits per heavy atom.